The molecule has 158 valence electrons. The van der Waals surface area contributed by atoms with Crippen LogP contribution in [-0.2, 0) is 4.79 Å². The molecular formula is C23H28N4O2S. The third-order valence-electron chi connectivity index (χ3n) is 6.11. The monoisotopic (exact) mass is 424 g/mol. The van der Waals surface area contributed by atoms with E-state index in [2.05, 4.69) is 60.0 Å². The maximum absolute atomic E-state index is 13.2. The molecule has 6 nitrogen and oxygen atoms in total. The van der Waals surface area contributed by atoms with Gasteiger partial charge in [0.15, 0.2) is 10.6 Å². The summed E-state index contributed by atoms with van der Waals surface area (Å²) in [5.74, 6) is 0.270. The Morgan fingerprint density at radius 1 is 1.07 bits per heavy atom. The van der Waals surface area contributed by atoms with Gasteiger partial charge in [0.2, 0.25) is 0 Å². The van der Waals surface area contributed by atoms with Crippen LogP contribution in [0.25, 0.3) is 0 Å². The molecule has 2 heterocycles. The van der Waals surface area contributed by atoms with E-state index in [0.29, 0.717) is 23.4 Å². The fourth-order valence-electron chi connectivity index (χ4n) is 4.75. The molecule has 3 N–H and O–H groups in total. The molecule has 4 rings (SSSR count). The van der Waals surface area contributed by atoms with Gasteiger partial charge in [-0.2, -0.15) is 0 Å². The quantitative estimate of drug-likeness (QED) is 0.631. The van der Waals surface area contributed by atoms with Gasteiger partial charge in [-0.3, -0.25) is 14.6 Å². The second-order valence-electron chi connectivity index (χ2n) is 8.85. The second-order valence-corrected chi connectivity index (χ2v) is 9.26. The van der Waals surface area contributed by atoms with Crippen LogP contribution in [0.5, 0.6) is 0 Å². The molecule has 0 saturated heterocycles. The number of nitrogens with one attached hydrogen (secondary N) is 3. The van der Waals surface area contributed by atoms with Crippen molar-refractivity contribution in [1.29, 1.82) is 0 Å². The molecule has 0 saturated carbocycles. The van der Waals surface area contributed by atoms with E-state index < -0.39 is 5.92 Å². The number of nitrogens with zero attached hydrogens (tertiary/aromatic N) is 1. The average Bonchev–Trinajstić information content (AvgIpc) is 2.66. The molecule has 0 spiro atoms. The first-order chi connectivity index (χ1) is 14.2. The molecule has 7 heteroatoms. The third-order valence-corrected chi connectivity index (χ3v) is 6.31. The zero-order valence-electron chi connectivity index (χ0n) is 17.9. The van der Waals surface area contributed by atoms with Gasteiger partial charge in [0.05, 0.1) is 5.56 Å². The topological polar surface area (TPSA) is 81.0 Å². The van der Waals surface area contributed by atoms with Gasteiger partial charge in [-0.05, 0) is 55.6 Å². The average molecular weight is 425 g/mol. The van der Waals surface area contributed by atoms with Gasteiger partial charge < -0.3 is 15.2 Å². The Hall–Kier alpha value is -2.67. The predicted molar refractivity (Wildman–Crippen MR) is 123 cm³/mol. The Bertz CT molecular complexity index is 1140. The standard InChI is InChI=1S/C23H28N4O2S/c1-5-27(6-2)14-9-7-13(8-10-14)17-18-15(11-23(3,4)12-16(18)28)24-20-19(17)21(29)26-22(30)25-20/h7-10,17H,5-6,11-12H2,1-4H3,(H3,24,25,26,29,30)/t17-/m0/s1. The van der Waals surface area contributed by atoms with Gasteiger partial charge in [-0.15, -0.1) is 0 Å². The van der Waals surface area contributed by atoms with Crippen molar-refractivity contribution in [2.24, 2.45) is 5.41 Å². The van der Waals surface area contributed by atoms with Crippen LogP contribution in [0, 0.1) is 10.2 Å². The molecule has 0 amide bonds. The lowest BCUT2D eigenvalue weighted by molar-refractivity contribution is -0.118. The summed E-state index contributed by atoms with van der Waals surface area (Å²) in [5.41, 5.74) is 3.78. The summed E-state index contributed by atoms with van der Waals surface area (Å²) < 4.78 is 0.271. The highest BCUT2D eigenvalue weighted by Crippen LogP contribution is 2.47. The fourth-order valence-corrected chi connectivity index (χ4v) is 4.94. The Morgan fingerprint density at radius 3 is 2.37 bits per heavy atom. The SMILES string of the molecule is CCN(CC)c1ccc([C@H]2C3=C(CC(C)(C)CC3=O)Nc3[nH]c(=S)[nH]c(=O)c32)cc1. The summed E-state index contributed by atoms with van der Waals surface area (Å²) in [6.07, 6.45) is 1.21. The van der Waals surface area contributed by atoms with Crippen molar-refractivity contribution in [1.82, 2.24) is 9.97 Å². The summed E-state index contributed by atoms with van der Waals surface area (Å²) in [5, 5.41) is 3.32. The molecule has 30 heavy (non-hydrogen) atoms. The van der Waals surface area contributed by atoms with Crippen molar-refractivity contribution in [2.75, 3.05) is 23.3 Å². The summed E-state index contributed by atoms with van der Waals surface area (Å²) in [7, 11) is 0. The first kappa shape index (κ1) is 20.6. The van der Waals surface area contributed by atoms with E-state index in [1.165, 1.54) is 0 Å². The lowest BCUT2D eigenvalue weighted by Crippen LogP contribution is -2.36. The second kappa shape index (κ2) is 7.54. The highest BCUT2D eigenvalue weighted by Gasteiger charge is 2.42. The smallest absolute Gasteiger partial charge is 0.257 e. The number of benzene rings is 1. The van der Waals surface area contributed by atoms with Gasteiger partial charge >= 0.3 is 0 Å². The summed E-state index contributed by atoms with van der Waals surface area (Å²) in [6, 6.07) is 8.21. The maximum atomic E-state index is 13.2. The van der Waals surface area contributed by atoms with E-state index in [4.69, 9.17) is 12.2 Å². The normalized spacial score (nSPS) is 19.7. The molecule has 1 aliphatic carbocycles. The number of carbonyl (C=O) groups excluding carboxylic acids is 1. The van der Waals surface area contributed by atoms with Crippen LogP contribution in [0.2, 0.25) is 0 Å². The number of hydrogen-bond acceptors (Lipinski definition) is 5. The van der Waals surface area contributed by atoms with Crippen LogP contribution in [0.1, 0.15) is 57.6 Å². The van der Waals surface area contributed by atoms with Gasteiger partial charge in [-0.1, -0.05) is 26.0 Å². The van der Waals surface area contributed by atoms with Crippen LogP contribution < -0.4 is 15.8 Å². The minimum atomic E-state index is -0.416. The van der Waals surface area contributed by atoms with E-state index in [1.807, 2.05) is 12.1 Å². The molecule has 1 aromatic heterocycles. The molecule has 0 radical (unpaired) electrons. The number of aromatic nitrogens is 2. The molecule has 2 aliphatic rings. The number of fused-ring (bicyclic) bond motifs is 1. The lowest BCUT2D eigenvalue weighted by Gasteiger charge is -2.38. The van der Waals surface area contributed by atoms with Crippen molar-refractivity contribution in [3.63, 3.8) is 0 Å². The Kier molecular flexibility index (Phi) is 5.18. The maximum Gasteiger partial charge on any atom is 0.257 e. The first-order valence-corrected chi connectivity index (χ1v) is 10.9. The minimum absolute atomic E-state index is 0.0964. The number of aromatic amines is 2. The largest absolute Gasteiger partial charge is 0.372 e. The Balaban J connectivity index is 1.90. The number of allylic oxidation sites excluding steroid dienone is 2. The number of hydrogen-bond donors (Lipinski definition) is 3. The number of Topliss-reactive ketones (excluding diaryl/α,β-unsaturated/α-hetero) is 1. The zero-order chi connectivity index (χ0) is 21.6. The molecule has 0 unspecified atom stereocenters. The molecular weight excluding hydrogens is 396 g/mol. The van der Waals surface area contributed by atoms with E-state index >= 15 is 0 Å². The minimum Gasteiger partial charge on any atom is -0.372 e. The van der Waals surface area contributed by atoms with E-state index in [0.717, 1.165) is 36.5 Å². The first-order valence-electron chi connectivity index (χ1n) is 10.5. The van der Waals surface area contributed by atoms with Crippen LogP contribution in [0.15, 0.2) is 40.3 Å². The molecule has 2 aromatic rings. The number of carbonyl (C=O) groups is 1. The van der Waals surface area contributed by atoms with Crippen LogP contribution in [0.4, 0.5) is 11.5 Å². The lowest BCUT2D eigenvalue weighted by atomic mass is 9.69. The van der Waals surface area contributed by atoms with Gasteiger partial charge in [0, 0.05) is 42.4 Å². The summed E-state index contributed by atoms with van der Waals surface area (Å²) in [6.45, 7) is 10.3. The number of anilines is 2. The van der Waals surface area contributed by atoms with Crippen molar-refractivity contribution in [3.05, 3.63) is 61.8 Å². The number of rotatable bonds is 4. The van der Waals surface area contributed by atoms with E-state index in [1.54, 1.807) is 0 Å². The van der Waals surface area contributed by atoms with Crippen molar-refractivity contribution < 1.29 is 4.79 Å². The van der Waals surface area contributed by atoms with Crippen molar-refractivity contribution >= 4 is 29.5 Å². The fraction of sp³-hybridized carbons (Fsp3) is 0.435. The van der Waals surface area contributed by atoms with Crippen LogP contribution in [-0.4, -0.2) is 28.8 Å². The summed E-state index contributed by atoms with van der Waals surface area (Å²) >= 11 is 5.19. The van der Waals surface area contributed by atoms with Crippen LogP contribution in [0.3, 0.4) is 0 Å². The molecule has 1 aromatic carbocycles. The summed E-state index contributed by atoms with van der Waals surface area (Å²) in [4.78, 5) is 34.2. The van der Waals surface area contributed by atoms with Gasteiger partial charge in [-0.25, -0.2) is 0 Å². The molecule has 1 aliphatic heterocycles. The zero-order valence-corrected chi connectivity index (χ0v) is 18.7. The molecule has 0 bridgehead atoms. The number of H-pyrrole nitrogens is 2. The molecule has 1 atom stereocenters. The van der Waals surface area contributed by atoms with E-state index in [9.17, 15) is 9.59 Å². The molecule has 0 fully saturated rings. The number of ketones is 1. The van der Waals surface area contributed by atoms with E-state index in [-0.39, 0.29) is 21.5 Å². The predicted octanol–water partition coefficient (Wildman–Crippen LogP) is 4.48. The Morgan fingerprint density at radius 2 is 1.73 bits per heavy atom. The van der Waals surface area contributed by atoms with Gasteiger partial charge in [0.25, 0.3) is 5.56 Å². The highest BCUT2D eigenvalue weighted by molar-refractivity contribution is 7.71. The van der Waals surface area contributed by atoms with Crippen molar-refractivity contribution in [2.45, 2.75) is 46.5 Å². The van der Waals surface area contributed by atoms with Gasteiger partial charge in [0.1, 0.15) is 5.82 Å². The van der Waals surface area contributed by atoms with Crippen LogP contribution >= 0.6 is 12.2 Å². The highest BCUT2D eigenvalue weighted by atomic mass is 32.1. The van der Waals surface area contributed by atoms with Crippen molar-refractivity contribution in [3.8, 4) is 0 Å². The third kappa shape index (κ3) is 3.51. The Labute approximate surface area is 181 Å².